The third-order valence-electron chi connectivity index (χ3n) is 1.94. The molecule has 1 rings (SSSR count). The Bertz CT molecular complexity index is 369. The number of carbonyl (C=O) groups is 1. The summed E-state index contributed by atoms with van der Waals surface area (Å²) in [5, 5.41) is 2.72. The molecule has 0 saturated heterocycles. The van der Waals surface area contributed by atoms with E-state index in [-0.39, 0.29) is 17.7 Å². The molecule has 0 fully saturated rings. The highest BCUT2D eigenvalue weighted by Crippen LogP contribution is 2.16. The van der Waals surface area contributed by atoms with Crippen molar-refractivity contribution in [2.45, 2.75) is 6.92 Å². The summed E-state index contributed by atoms with van der Waals surface area (Å²) in [5.74, 6) is 0.588. The van der Waals surface area contributed by atoms with Crippen LogP contribution >= 0.6 is 11.6 Å². The van der Waals surface area contributed by atoms with Gasteiger partial charge in [-0.1, -0.05) is 0 Å². The van der Waals surface area contributed by atoms with Gasteiger partial charge in [0.25, 0.3) is 0 Å². The molecule has 0 spiro atoms. The molecule has 6 heteroatoms. The molecular formula is C9H13ClN4O. The average molecular weight is 229 g/mol. The van der Waals surface area contributed by atoms with Crippen molar-refractivity contribution in [2.24, 2.45) is 0 Å². The van der Waals surface area contributed by atoms with E-state index < -0.39 is 0 Å². The Kier molecular flexibility index (Phi) is 3.85. The van der Waals surface area contributed by atoms with Gasteiger partial charge in [-0.2, -0.15) is 0 Å². The highest BCUT2D eigenvalue weighted by Gasteiger charge is 2.10. The maximum atomic E-state index is 11.2. The molecule has 0 saturated carbocycles. The van der Waals surface area contributed by atoms with Crippen molar-refractivity contribution >= 4 is 23.3 Å². The number of rotatable bonds is 3. The number of nitrogens with zero attached hydrogens (tertiary/aromatic N) is 3. The van der Waals surface area contributed by atoms with Gasteiger partial charge in [0, 0.05) is 25.9 Å². The second-order valence-electron chi connectivity index (χ2n) is 3.17. The largest absolute Gasteiger partial charge is 0.358 e. The molecule has 5 nitrogen and oxygen atoms in total. The molecule has 15 heavy (non-hydrogen) atoms. The Morgan fingerprint density at radius 2 is 2.33 bits per heavy atom. The van der Waals surface area contributed by atoms with Crippen LogP contribution in [0, 0.1) is 6.92 Å². The Morgan fingerprint density at radius 3 is 2.93 bits per heavy atom. The minimum absolute atomic E-state index is 0.0772. The highest BCUT2D eigenvalue weighted by molar-refractivity contribution is 6.28. The molecule has 1 amide bonds. The van der Waals surface area contributed by atoms with Gasteiger partial charge in [0.1, 0.15) is 5.82 Å². The van der Waals surface area contributed by atoms with Crippen molar-refractivity contribution in [1.29, 1.82) is 0 Å². The summed E-state index contributed by atoms with van der Waals surface area (Å²) in [4.78, 5) is 20.8. The van der Waals surface area contributed by atoms with E-state index in [9.17, 15) is 4.79 Å². The van der Waals surface area contributed by atoms with Crippen molar-refractivity contribution in [3.05, 3.63) is 17.0 Å². The monoisotopic (exact) mass is 228 g/mol. The van der Waals surface area contributed by atoms with Crippen LogP contribution in [0.1, 0.15) is 5.56 Å². The van der Waals surface area contributed by atoms with E-state index in [1.54, 1.807) is 25.2 Å². The topological polar surface area (TPSA) is 58.1 Å². The first-order valence-corrected chi connectivity index (χ1v) is 4.83. The van der Waals surface area contributed by atoms with E-state index in [1.807, 2.05) is 6.92 Å². The zero-order chi connectivity index (χ0) is 11.4. The standard InChI is InChI=1S/C9H13ClN4O/c1-6-4-12-9(10)13-8(6)14(3)5-7(15)11-2/h4H,5H2,1-3H3,(H,11,15). The van der Waals surface area contributed by atoms with Gasteiger partial charge < -0.3 is 10.2 Å². The smallest absolute Gasteiger partial charge is 0.239 e. The zero-order valence-corrected chi connectivity index (χ0v) is 9.67. The molecule has 0 aliphatic carbocycles. The lowest BCUT2D eigenvalue weighted by molar-refractivity contribution is -0.119. The lowest BCUT2D eigenvalue weighted by Gasteiger charge is -2.18. The SMILES string of the molecule is CNC(=O)CN(C)c1nc(Cl)ncc1C. The summed E-state index contributed by atoms with van der Waals surface area (Å²) in [5.41, 5.74) is 0.880. The van der Waals surface area contributed by atoms with Crippen LogP contribution < -0.4 is 10.2 Å². The summed E-state index contributed by atoms with van der Waals surface area (Å²) in [7, 11) is 3.37. The van der Waals surface area contributed by atoms with Gasteiger partial charge in [-0.05, 0) is 18.5 Å². The predicted octanol–water partition coefficient (Wildman–Crippen LogP) is 0.621. The van der Waals surface area contributed by atoms with Crippen molar-refractivity contribution in [2.75, 3.05) is 25.5 Å². The minimum Gasteiger partial charge on any atom is -0.358 e. The summed E-state index contributed by atoms with van der Waals surface area (Å²) in [6.07, 6.45) is 1.63. The van der Waals surface area contributed by atoms with Gasteiger partial charge in [0.05, 0.1) is 6.54 Å². The molecule has 1 aromatic rings. The number of halogens is 1. The van der Waals surface area contributed by atoms with Crippen molar-refractivity contribution in [3.8, 4) is 0 Å². The second-order valence-corrected chi connectivity index (χ2v) is 3.51. The van der Waals surface area contributed by atoms with E-state index in [0.717, 1.165) is 5.56 Å². The number of carbonyl (C=O) groups excluding carboxylic acids is 1. The first kappa shape index (κ1) is 11.7. The van der Waals surface area contributed by atoms with Gasteiger partial charge in [-0.15, -0.1) is 0 Å². The number of aryl methyl sites for hydroxylation is 1. The summed E-state index contributed by atoms with van der Waals surface area (Å²) < 4.78 is 0. The molecule has 0 aliphatic heterocycles. The third-order valence-corrected chi connectivity index (χ3v) is 2.12. The Balaban J connectivity index is 2.85. The Morgan fingerprint density at radius 1 is 1.67 bits per heavy atom. The number of hydrogen-bond donors (Lipinski definition) is 1. The molecule has 0 unspecified atom stereocenters. The number of amides is 1. The van der Waals surface area contributed by atoms with Crippen LogP contribution in [0.2, 0.25) is 5.28 Å². The summed E-state index contributed by atoms with van der Waals surface area (Å²) in [6, 6.07) is 0. The van der Waals surface area contributed by atoms with E-state index in [1.165, 1.54) is 0 Å². The molecule has 0 radical (unpaired) electrons. The number of anilines is 1. The van der Waals surface area contributed by atoms with Crippen LogP contribution in [0.4, 0.5) is 5.82 Å². The second kappa shape index (κ2) is 4.93. The first-order chi connectivity index (χ1) is 7.04. The normalized spacial score (nSPS) is 9.87. The van der Waals surface area contributed by atoms with Crippen LogP contribution in [0.3, 0.4) is 0 Å². The first-order valence-electron chi connectivity index (χ1n) is 4.45. The zero-order valence-electron chi connectivity index (χ0n) is 8.91. The van der Waals surface area contributed by atoms with Crippen LogP contribution in [0.5, 0.6) is 0 Å². The molecule has 0 atom stereocenters. The Labute approximate surface area is 93.5 Å². The van der Waals surface area contributed by atoms with Gasteiger partial charge in [-0.3, -0.25) is 4.79 Å². The van der Waals surface area contributed by atoms with Crippen molar-refractivity contribution in [1.82, 2.24) is 15.3 Å². The molecule has 0 aliphatic rings. The molecule has 0 aromatic carbocycles. The molecular weight excluding hydrogens is 216 g/mol. The number of aromatic nitrogens is 2. The number of nitrogens with one attached hydrogen (secondary N) is 1. The van der Waals surface area contributed by atoms with E-state index in [4.69, 9.17) is 11.6 Å². The van der Waals surface area contributed by atoms with Crippen LogP contribution in [0.25, 0.3) is 0 Å². The quantitative estimate of drug-likeness (QED) is 0.771. The fourth-order valence-electron chi connectivity index (χ4n) is 1.17. The maximum Gasteiger partial charge on any atom is 0.239 e. The minimum atomic E-state index is -0.0772. The van der Waals surface area contributed by atoms with E-state index >= 15 is 0 Å². The highest BCUT2D eigenvalue weighted by atomic mass is 35.5. The number of hydrogen-bond acceptors (Lipinski definition) is 4. The van der Waals surface area contributed by atoms with Gasteiger partial charge in [0.15, 0.2) is 0 Å². The third kappa shape index (κ3) is 3.06. The van der Waals surface area contributed by atoms with Gasteiger partial charge in [0.2, 0.25) is 11.2 Å². The fraction of sp³-hybridized carbons (Fsp3) is 0.444. The molecule has 82 valence electrons. The van der Waals surface area contributed by atoms with E-state index in [2.05, 4.69) is 15.3 Å². The molecule has 1 aromatic heterocycles. The van der Waals surface area contributed by atoms with Crippen molar-refractivity contribution in [3.63, 3.8) is 0 Å². The fourth-order valence-corrected chi connectivity index (χ4v) is 1.30. The molecule has 1 N–H and O–H groups in total. The van der Waals surface area contributed by atoms with Gasteiger partial charge >= 0.3 is 0 Å². The van der Waals surface area contributed by atoms with Crippen molar-refractivity contribution < 1.29 is 4.79 Å². The van der Waals surface area contributed by atoms with Crippen LogP contribution in [-0.4, -0.2) is 36.5 Å². The lowest BCUT2D eigenvalue weighted by Crippen LogP contribution is -2.33. The van der Waals surface area contributed by atoms with Crippen LogP contribution in [0.15, 0.2) is 6.20 Å². The number of likely N-dealkylation sites (N-methyl/N-ethyl adjacent to an activating group) is 2. The molecule has 0 bridgehead atoms. The predicted molar refractivity (Wildman–Crippen MR) is 59.1 cm³/mol. The average Bonchev–Trinajstić information content (AvgIpc) is 2.21. The molecule has 1 heterocycles. The summed E-state index contributed by atoms with van der Waals surface area (Å²) >= 11 is 5.68. The van der Waals surface area contributed by atoms with E-state index in [0.29, 0.717) is 5.82 Å². The maximum absolute atomic E-state index is 11.2. The van der Waals surface area contributed by atoms with Gasteiger partial charge in [-0.25, -0.2) is 9.97 Å². The Hall–Kier alpha value is -1.36. The summed E-state index contributed by atoms with van der Waals surface area (Å²) in [6.45, 7) is 2.11. The van der Waals surface area contributed by atoms with Crippen LogP contribution in [-0.2, 0) is 4.79 Å². The lowest BCUT2D eigenvalue weighted by atomic mass is 10.3.